The number of rotatable bonds is 5. The van der Waals surface area contributed by atoms with Crippen molar-refractivity contribution in [2.45, 2.75) is 31.2 Å². The quantitative estimate of drug-likeness (QED) is 0.508. The molecular formula is C17H18N8OS. The van der Waals surface area contributed by atoms with Gasteiger partial charge in [0.25, 0.3) is 5.95 Å². The molecule has 1 atom stereocenters. The predicted molar refractivity (Wildman–Crippen MR) is 102 cm³/mol. The van der Waals surface area contributed by atoms with Gasteiger partial charge in [0.15, 0.2) is 0 Å². The first-order valence-corrected chi connectivity index (χ1v) is 8.99. The lowest BCUT2D eigenvalue weighted by Gasteiger charge is -2.12. The van der Waals surface area contributed by atoms with E-state index < -0.39 is 5.25 Å². The molecule has 0 bridgehead atoms. The zero-order chi connectivity index (χ0) is 19.6. The van der Waals surface area contributed by atoms with Gasteiger partial charge in [-0.2, -0.15) is 10.4 Å². The van der Waals surface area contributed by atoms with E-state index in [0.717, 1.165) is 11.4 Å². The maximum atomic E-state index is 12.5. The SMILES string of the molecule is Cc1cc(C)n(-c2nnc(SC(C)C(=O)Nc3ccccc3C#N)n2N)n1. The summed E-state index contributed by atoms with van der Waals surface area (Å²) in [6, 6.07) is 10.8. The van der Waals surface area contributed by atoms with Crippen molar-refractivity contribution in [3.05, 3.63) is 47.3 Å². The van der Waals surface area contributed by atoms with E-state index in [1.54, 1.807) is 35.9 Å². The topological polar surface area (TPSA) is 127 Å². The maximum Gasteiger partial charge on any atom is 0.271 e. The lowest BCUT2D eigenvalue weighted by molar-refractivity contribution is -0.115. The number of aryl methyl sites for hydroxylation is 2. The Morgan fingerprint density at radius 2 is 2.07 bits per heavy atom. The van der Waals surface area contributed by atoms with Crippen molar-refractivity contribution < 1.29 is 4.79 Å². The Hall–Kier alpha value is -3.32. The summed E-state index contributed by atoms with van der Waals surface area (Å²) in [5.74, 6) is 6.20. The Morgan fingerprint density at radius 3 is 2.74 bits per heavy atom. The molecular weight excluding hydrogens is 364 g/mol. The summed E-state index contributed by atoms with van der Waals surface area (Å²) in [5, 5.41) is 24.2. The molecule has 2 aromatic heterocycles. The lowest BCUT2D eigenvalue weighted by Crippen LogP contribution is -2.24. The molecule has 1 aromatic carbocycles. The zero-order valence-corrected chi connectivity index (χ0v) is 15.9. The number of hydrogen-bond donors (Lipinski definition) is 2. The predicted octanol–water partition coefficient (Wildman–Crippen LogP) is 1.79. The fourth-order valence-corrected chi connectivity index (χ4v) is 3.23. The van der Waals surface area contributed by atoms with E-state index in [4.69, 9.17) is 11.1 Å². The highest BCUT2D eigenvalue weighted by Gasteiger charge is 2.21. The first-order valence-electron chi connectivity index (χ1n) is 8.11. The largest absolute Gasteiger partial charge is 0.334 e. The van der Waals surface area contributed by atoms with Crippen molar-refractivity contribution in [1.82, 2.24) is 24.7 Å². The van der Waals surface area contributed by atoms with Crippen LogP contribution in [0, 0.1) is 25.2 Å². The van der Waals surface area contributed by atoms with Crippen molar-refractivity contribution in [2.24, 2.45) is 0 Å². The second-order valence-corrected chi connectivity index (χ2v) is 7.21. The van der Waals surface area contributed by atoms with Crippen LogP contribution in [0.15, 0.2) is 35.5 Å². The van der Waals surface area contributed by atoms with Crippen LogP contribution in [0.4, 0.5) is 5.69 Å². The third kappa shape index (κ3) is 3.78. The second-order valence-electron chi connectivity index (χ2n) is 5.90. The van der Waals surface area contributed by atoms with Crippen molar-refractivity contribution in [3.8, 4) is 12.0 Å². The Morgan fingerprint density at radius 1 is 1.33 bits per heavy atom. The number of nitriles is 1. The van der Waals surface area contributed by atoms with E-state index in [1.165, 1.54) is 16.4 Å². The van der Waals surface area contributed by atoms with E-state index in [-0.39, 0.29) is 5.91 Å². The number of carbonyl (C=O) groups excluding carboxylic acids is 1. The van der Waals surface area contributed by atoms with Crippen LogP contribution in [-0.4, -0.2) is 35.8 Å². The highest BCUT2D eigenvalue weighted by atomic mass is 32.2. The average Bonchev–Trinajstić information content (AvgIpc) is 3.16. The summed E-state index contributed by atoms with van der Waals surface area (Å²) in [4.78, 5) is 12.5. The zero-order valence-electron chi connectivity index (χ0n) is 15.0. The minimum absolute atomic E-state index is 0.265. The molecule has 2 heterocycles. The van der Waals surface area contributed by atoms with Crippen LogP contribution in [0.1, 0.15) is 23.9 Å². The Kier molecular flexibility index (Phi) is 5.14. The van der Waals surface area contributed by atoms with Gasteiger partial charge in [0.2, 0.25) is 11.1 Å². The number of nitrogens with zero attached hydrogens (tertiary/aromatic N) is 6. The van der Waals surface area contributed by atoms with E-state index in [0.29, 0.717) is 22.4 Å². The molecule has 1 unspecified atom stereocenters. The second kappa shape index (κ2) is 7.51. The summed E-state index contributed by atoms with van der Waals surface area (Å²) in [7, 11) is 0. The van der Waals surface area contributed by atoms with E-state index in [2.05, 4.69) is 20.6 Å². The van der Waals surface area contributed by atoms with Gasteiger partial charge < -0.3 is 11.2 Å². The van der Waals surface area contributed by atoms with Crippen LogP contribution >= 0.6 is 11.8 Å². The molecule has 3 N–H and O–H groups in total. The monoisotopic (exact) mass is 382 g/mol. The maximum absolute atomic E-state index is 12.5. The van der Waals surface area contributed by atoms with Gasteiger partial charge in [-0.25, -0.2) is 9.36 Å². The minimum atomic E-state index is -0.503. The van der Waals surface area contributed by atoms with E-state index in [1.807, 2.05) is 26.0 Å². The van der Waals surface area contributed by atoms with Gasteiger partial charge in [0, 0.05) is 5.69 Å². The number of carbonyl (C=O) groups is 1. The third-order valence-electron chi connectivity index (χ3n) is 3.80. The molecule has 0 saturated heterocycles. The number of nitrogens with one attached hydrogen (secondary N) is 1. The summed E-state index contributed by atoms with van der Waals surface area (Å²) >= 11 is 1.17. The van der Waals surface area contributed by atoms with Gasteiger partial charge in [-0.3, -0.25) is 4.79 Å². The number of hydrogen-bond acceptors (Lipinski definition) is 7. The van der Waals surface area contributed by atoms with Crippen LogP contribution in [0.25, 0.3) is 5.95 Å². The Balaban J connectivity index is 1.75. The number of benzene rings is 1. The standard InChI is InChI=1S/C17H18N8OS/c1-10-8-11(2)25(23-10)16-21-22-17(24(16)19)27-12(3)15(26)20-14-7-5-4-6-13(14)9-18/h4-8,12H,19H2,1-3H3,(H,20,26). The van der Waals surface area contributed by atoms with Crippen molar-refractivity contribution in [1.29, 1.82) is 5.26 Å². The fraction of sp³-hybridized carbons (Fsp3) is 0.235. The van der Waals surface area contributed by atoms with E-state index in [9.17, 15) is 4.79 Å². The van der Waals surface area contributed by atoms with Gasteiger partial charge in [-0.1, -0.05) is 23.9 Å². The van der Waals surface area contributed by atoms with Gasteiger partial charge in [0.05, 0.1) is 22.2 Å². The highest BCUT2D eigenvalue weighted by Crippen LogP contribution is 2.24. The van der Waals surface area contributed by atoms with E-state index >= 15 is 0 Å². The van der Waals surface area contributed by atoms with Gasteiger partial charge >= 0.3 is 0 Å². The average molecular weight is 382 g/mol. The number of thioether (sulfide) groups is 1. The minimum Gasteiger partial charge on any atom is -0.334 e. The third-order valence-corrected chi connectivity index (χ3v) is 4.86. The van der Waals surface area contributed by atoms with Crippen molar-refractivity contribution >= 4 is 23.4 Å². The fourth-order valence-electron chi connectivity index (χ4n) is 2.46. The van der Waals surface area contributed by atoms with Crippen LogP contribution < -0.4 is 11.2 Å². The summed E-state index contributed by atoms with van der Waals surface area (Å²) in [5.41, 5.74) is 2.59. The van der Waals surface area contributed by atoms with Crippen molar-refractivity contribution in [2.75, 3.05) is 11.2 Å². The molecule has 3 rings (SSSR count). The van der Waals surface area contributed by atoms with Crippen LogP contribution in [0.5, 0.6) is 0 Å². The normalized spacial score (nSPS) is 11.8. The molecule has 9 nitrogen and oxygen atoms in total. The van der Waals surface area contributed by atoms with Gasteiger partial charge in [-0.15, -0.1) is 10.2 Å². The number of amides is 1. The number of anilines is 1. The summed E-state index contributed by atoms with van der Waals surface area (Å²) < 4.78 is 2.90. The first-order chi connectivity index (χ1) is 12.9. The van der Waals surface area contributed by atoms with Gasteiger partial charge in [-0.05, 0) is 39.0 Å². The van der Waals surface area contributed by atoms with Crippen molar-refractivity contribution in [3.63, 3.8) is 0 Å². The summed E-state index contributed by atoms with van der Waals surface area (Å²) in [6.45, 7) is 5.50. The molecule has 0 radical (unpaired) electrons. The molecule has 0 aliphatic carbocycles. The Bertz CT molecular complexity index is 1030. The Labute approximate surface area is 160 Å². The number of nitrogens with two attached hydrogens (primary N) is 1. The molecule has 0 spiro atoms. The first kappa shape index (κ1) is 18.5. The number of para-hydroxylation sites is 1. The molecule has 27 heavy (non-hydrogen) atoms. The smallest absolute Gasteiger partial charge is 0.271 e. The molecule has 0 aliphatic rings. The molecule has 3 aromatic rings. The molecule has 10 heteroatoms. The molecule has 0 saturated carbocycles. The highest BCUT2D eigenvalue weighted by molar-refractivity contribution is 8.00. The molecule has 0 fully saturated rings. The number of aromatic nitrogens is 5. The van der Waals surface area contributed by atoms with Crippen LogP contribution in [0.2, 0.25) is 0 Å². The van der Waals surface area contributed by atoms with Crippen LogP contribution in [-0.2, 0) is 4.79 Å². The molecule has 138 valence electrons. The molecule has 1 amide bonds. The van der Waals surface area contributed by atoms with Crippen LogP contribution in [0.3, 0.4) is 0 Å². The number of nitrogen functional groups attached to an aromatic ring is 1. The molecule has 0 aliphatic heterocycles. The lowest BCUT2D eigenvalue weighted by atomic mass is 10.2. The van der Waals surface area contributed by atoms with Gasteiger partial charge in [0.1, 0.15) is 6.07 Å². The summed E-state index contributed by atoms with van der Waals surface area (Å²) in [6.07, 6.45) is 0.